The van der Waals surface area contributed by atoms with E-state index >= 15 is 0 Å². The Kier molecular flexibility index (Phi) is 5.88. The van der Waals surface area contributed by atoms with E-state index in [1.165, 1.54) is 5.56 Å². The number of aryl methyl sites for hydroxylation is 3. The maximum atomic E-state index is 13.9. The molecule has 2 amide bonds. The van der Waals surface area contributed by atoms with Gasteiger partial charge < -0.3 is 4.90 Å². The highest BCUT2D eigenvalue weighted by Gasteiger charge is 2.42. The lowest BCUT2D eigenvalue weighted by atomic mass is 9.95. The van der Waals surface area contributed by atoms with Crippen LogP contribution in [0, 0.1) is 20.8 Å². The van der Waals surface area contributed by atoms with Crippen molar-refractivity contribution < 1.29 is 9.59 Å². The Morgan fingerprint density at radius 2 is 1.50 bits per heavy atom. The van der Waals surface area contributed by atoms with E-state index in [0.717, 1.165) is 33.6 Å². The lowest BCUT2D eigenvalue weighted by Crippen LogP contribution is -2.56. The quantitative estimate of drug-likeness (QED) is 0.524. The molecular weight excluding hydrogens is 396 g/mol. The molecule has 1 fully saturated rings. The number of nitrogens with zero attached hydrogens (tertiary/aromatic N) is 2. The van der Waals surface area contributed by atoms with Crippen LogP contribution >= 0.6 is 0 Å². The summed E-state index contributed by atoms with van der Waals surface area (Å²) in [4.78, 5) is 30.8. The van der Waals surface area contributed by atoms with Crippen LogP contribution in [-0.4, -0.2) is 18.4 Å². The van der Waals surface area contributed by atoms with Crippen LogP contribution in [0.15, 0.2) is 66.7 Å². The molecule has 0 bridgehead atoms. The number of anilines is 2. The van der Waals surface area contributed by atoms with Crippen molar-refractivity contribution in [3.05, 3.63) is 94.5 Å². The van der Waals surface area contributed by atoms with E-state index in [9.17, 15) is 9.59 Å². The molecule has 1 unspecified atom stereocenters. The van der Waals surface area contributed by atoms with E-state index in [4.69, 9.17) is 0 Å². The van der Waals surface area contributed by atoms with Crippen molar-refractivity contribution in [3.8, 4) is 0 Å². The Labute approximate surface area is 190 Å². The van der Waals surface area contributed by atoms with E-state index in [0.29, 0.717) is 5.92 Å². The number of hydrogen-bond acceptors (Lipinski definition) is 2. The van der Waals surface area contributed by atoms with E-state index < -0.39 is 6.04 Å². The summed E-state index contributed by atoms with van der Waals surface area (Å²) in [7, 11) is 0. The fourth-order valence-electron chi connectivity index (χ4n) is 4.47. The number of piperazine rings is 1. The summed E-state index contributed by atoms with van der Waals surface area (Å²) in [5.41, 5.74) is 6.69. The summed E-state index contributed by atoms with van der Waals surface area (Å²) < 4.78 is 0. The molecule has 0 N–H and O–H groups in total. The van der Waals surface area contributed by atoms with Crippen LogP contribution in [0.2, 0.25) is 0 Å². The van der Waals surface area contributed by atoms with Gasteiger partial charge in [0.15, 0.2) is 0 Å². The van der Waals surface area contributed by atoms with Gasteiger partial charge in [0.1, 0.15) is 12.6 Å². The molecule has 4 heteroatoms. The van der Waals surface area contributed by atoms with Crippen molar-refractivity contribution in [2.45, 2.75) is 46.6 Å². The SMILES string of the molecule is Cc1ccc(N2C(=O)CN(c3ccccc3C)C(=O)C2c2ccc(C(C)C)cc2)c(C)c1. The summed E-state index contributed by atoms with van der Waals surface area (Å²) >= 11 is 0. The molecule has 164 valence electrons. The van der Waals surface area contributed by atoms with Gasteiger partial charge in [0.2, 0.25) is 5.91 Å². The Hall–Kier alpha value is -3.40. The largest absolute Gasteiger partial charge is 0.301 e. The lowest BCUT2D eigenvalue weighted by molar-refractivity contribution is -0.128. The Morgan fingerprint density at radius 1 is 0.812 bits per heavy atom. The average Bonchev–Trinajstić information content (AvgIpc) is 2.76. The number of carbonyl (C=O) groups excluding carboxylic acids is 2. The summed E-state index contributed by atoms with van der Waals surface area (Å²) in [5.74, 6) is 0.223. The lowest BCUT2D eigenvalue weighted by Gasteiger charge is -2.41. The first kappa shape index (κ1) is 21.8. The van der Waals surface area contributed by atoms with E-state index in [-0.39, 0.29) is 18.4 Å². The third kappa shape index (κ3) is 3.93. The predicted molar refractivity (Wildman–Crippen MR) is 130 cm³/mol. The fraction of sp³-hybridized carbons (Fsp3) is 0.286. The molecule has 0 radical (unpaired) electrons. The number of benzene rings is 3. The highest BCUT2D eigenvalue weighted by molar-refractivity contribution is 6.15. The van der Waals surface area contributed by atoms with Crippen molar-refractivity contribution in [1.82, 2.24) is 0 Å². The molecule has 1 saturated heterocycles. The van der Waals surface area contributed by atoms with Crippen molar-refractivity contribution >= 4 is 23.2 Å². The van der Waals surface area contributed by atoms with Crippen molar-refractivity contribution in [1.29, 1.82) is 0 Å². The predicted octanol–water partition coefficient (Wildman–Crippen LogP) is 5.86. The van der Waals surface area contributed by atoms with Crippen molar-refractivity contribution in [3.63, 3.8) is 0 Å². The van der Waals surface area contributed by atoms with Crippen LogP contribution in [0.5, 0.6) is 0 Å². The molecular formula is C28H30N2O2. The summed E-state index contributed by atoms with van der Waals surface area (Å²) in [6.07, 6.45) is 0. The second-order valence-corrected chi connectivity index (χ2v) is 8.99. The van der Waals surface area contributed by atoms with Gasteiger partial charge >= 0.3 is 0 Å². The number of amides is 2. The zero-order chi connectivity index (χ0) is 23.0. The Bertz CT molecular complexity index is 1160. The standard InChI is InChI=1S/C28H30N2O2/c1-18(2)22-11-13-23(14-12-22)27-28(32)29(24-9-7-6-8-20(24)4)17-26(31)30(27)25-15-10-19(3)16-21(25)5/h6-16,18,27H,17H2,1-5H3. The van der Waals surface area contributed by atoms with Crippen LogP contribution in [0.1, 0.15) is 53.6 Å². The molecule has 1 heterocycles. The first-order valence-electron chi connectivity index (χ1n) is 11.1. The van der Waals surface area contributed by atoms with Crippen LogP contribution in [0.25, 0.3) is 0 Å². The highest BCUT2D eigenvalue weighted by atomic mass is 16.2. The van der Waals surface area contributed by atoms with Gasteiger partial charge in [0.25, 0.3) is 5.91 Å². The molecule has 3 aromatic rings. The zero-order valence-electron chi connectivity index (χ0n) is 19.4. The maximum absolute atomic E-state index is 13.9. The van der Waals surface area contributed by atoms with Crippen molar-refractivity contribution in [2.24, 2.45) is 0 Å². The molecule has 3 aromatic carbocycles. The van der Waals surface area contributed by atoms with Gasteiger partial charge in [-0.25, -0.2) is 0 Å². The first-order chi connectivity index (χ1) is 15.3. The van der Waals surface area contributed by atoms with Crippen molar-refractivity contribution in [2.75, 3.05) is 16.3 Å². The maximum Gasteiger partial charge on any atom is 0.255 e. The van der Waals surface area contributed by atoms with Gasteiger partial charge in [-0.05, 0) is 61.1 Å². The molecule has 32 heavy (non-hydrogen) atoms. The highest BCUT2D eigenvalue weighted by Crippen LogP contribution is 2.37. The Morgan fingerprint density at radius 3 is 2.12 bits per heavy atom. The number of rotatable bonds is 4. The smallest absolute Gasteiger partial charge is 0.255 e. The third-order valence-corrected chi connectivity index (χ3v) is 6.26. The molecule has 0 spiro atoms. The van der Waals surface area contributed by atoms with Crippen LogP contribution in [0.3, 0.4) is 0 Å². The Balaban J connectivity index is 1.85. The van der Waals surface area contributed by atoms with Gasteiger partial charge in [-0.2, -0.15) is 0 Å². The summed E-state index contributed by atoms with van der Waals surface area (Å²) in [6, 6.07) is 21.1. The minimum Gasteiger partial charge on any atom is -0.301 e. The summed E-state index contributed by atoms with van der Waals surface area (Å²) in [5, 5.41) is 0. The van der Waals surface area contributed by atoms with E-state index in [1.54, 1.807) is 9.80 Å². The second kappa shape index (κ2) is 8.62. The molecule has 1 aliphatic rings. The molecule has 4 nitrogen and oxygen atoms in total. The second-order valence-electron chi connectivity index (χ2n) is 8.99. The summed E-state index contributed by atoms with van der Waals surface area (Å²) in [6.45, 7) is 10.3. The zero-order valence-corrected chi connectivity index (χ0v) is 19.4. The molecule has 1 aliphatic heterocycles. The first-order valence-corrected chi connectivity index (χ1v) is 11.1. The van der Waals surface area contributed by atoms with Crippen LogP contribution in [0.4, 0.5) is 11.4 Å². The molecule has 1 atom stereocenters. The van der Waals surface area contributed by atoms with Crippen LogP contribution < -0.4 is 9.80 Å². The minimum atomic E-state index is -0.710. The van der Waals surface area contributed by atoms with Gasteiger partial charge in [0.05, 0.1) is 0 Å². The fourth-order valence-corrected chi connectivity index (χ4v) is 4.47. The molecule has 0 aromatic heterocycles. The molecule has 0 saturated carbocycles. The monoisotopic (exact) mass is 426 g/mol. The molecule has 0 aliphatic carbocycles. The number of carbonyl (C=O) groups is 2. The average molecular weight is 427 g/mol. The van der Waals surface area contributed by atoms with Gasteiger partial charge in [-0.3, -0.25) is 14.5 Å². The van der Waals surface area contributed by atoms with Gasteiger partial charge in [0, 0.05) is 11.4 Å². The topological polar surface area (TPSA) is 40.6 Å². The van der Waals surface area contributed by atoms with E-state index in [1.807, 2.05) is 69.3 Å². The van der Waals surface area contributed by atoms with E-state index in [2.05, 4.69) is 32.0 Å². The molecule has 4 rings (SSSR count). The minimum absolute atomic E-state index is 0.0254. The van der Waals surface area contributed by atoms with Gasteiger partial charge in [-0.15, -0.1) is 0 Å². The normalized spacial score (nSPS) is 16.8. The number of hydrogen-bond donors (Lipinski definition) is 0. The van der Waals surface area contributed by atoms with Crippen LogP contribution in [-0.2, 0) is 9.59 Å². The third-order valence-electron chi connectivity index (χ3n) is 6.26. The van der Waals surface area contributed by atoms with Gasteiger partial charge in [-0.1, -0.05) is 74.0 Å². The number of para-hydroxylation sites is 1.